The van der Waals surface area contributed by atoms with E-state index in [4.69, 9.17) is 0 Å². The van der Waals surface area contributed by atoms with Crippen LogP contribution in [0.5, 0.6) is 23.0 Å². The average molecular weight is 531 g/mol. The standard InChI is InChI=1S/C36H34O4/c1-21-27(9-5-13-31(21)37)35(28-10-6-14-32(38)22(28)2)25-17-19-26(20-18-25)36(29-11-7-15-33(39)23(29)3)30-12-8-16-34(40)24(30)4/h5-20,35-40H,1-4H3. The zero-order valence-electron chi connectivity index (χ0n) is 23.2. The Morgan fingerprint density at radius 1 is 0.350 bits per heavy atom. The molecule has 0 bridgehead atoms. The minimum atomic E-state index is -0.211. The van der Waals surface area contributed by atoms with Crippen molar-refractivity contribution >= 4 is 0 Å². The van der Waals surface area contributed by atoms with E-state index in [2.05, 4.69) is 24.3 Å². The first-order valence-electron chi connectivity index (χ1n) is 13.4. The maximum Gasteiger partial charge on any atom is 0.118 e. The molecule has 5 rings (SSSR count). The fourth-order valence-electron chi connectivity index (χ4n) is 5.75. The van der Waals surface area contributed by atoms with Crippen molar-refractivity contribution in [2.45, 2.75) is 39.5 Å². The molecule has 0 saturated heterocycles. The van der Waals surface area contributed by atoms with Gasteiger partial charge in [-0.15, -0.1) is 0 Å². The molecule has 5 aromatic carbocycles. The lowest BCUT2D eigenvalue weighted by molar-refractivity contribution is 0.468. The van der Waals surface area contributed by atoms with E-state index in [0.717, 1.165) is 55.6 Å². The summed E-state index contributed by atoms with van der Waals surface area (Å²) in [6.07, 6.45) is 0. The van der Waals surface area contributed by atoms with E-state index in [0.29, 0.717) is 0 Å². The first kappa shape index (κ1) is 26.9. The van der Waals surface area contributed by atoms with Crippen LogP contribution >= 0.6 is 0 Å². The second kappa shape index (κ2) is 10.8. The minimum absolute atomic E-state index is 0.211. The maximum atomic E-state index is 10.5. The van der Waals surface area contributed by atoms with Gasteiger partial charge >= 0.3 is 0 Å². The number of rotatable bonds is 6. The van der Waals surface area contributed by atoms with Gasteiger partial charge in [-0.25, -0.2) is 0 Å². The first-order valence-corrected chi connectivity index (χ1v) is 13.4. The SMILES string of the molecule is Cc1c(O)cccc1C(c1ccc(C(c2cccc(O)c2C)c2cccc(O)c2C)cc1)c1cccc(O)c1C. The van der Waals surface area contributed by atoms with E-state index in [1.807, 2.05) is 76.2 Å². The van der Waals surface area contributed by atoms with E-state index in [1.54, 1.807) is 24.3 Å². The number of hydrogen-bond donors (Lipinski definition) is 4. The normalized spacial score (nSPS) is 11.3. The van der Waals surface area contributed by atoms with Crippen LogP contribution in [0.2, 0.25) is 0 Å². The number of hydrogen-bond acceptors (Lipinski definition) is 4. The highest BCUT2D eigenvalue weighted by Gasteiger charge is 2.25. The van der Waals surface area contributed by atoms with Crippen LogP contribution in [0, 0.1) is 27.7 Å². The topological polar surface area (TPSA) is 80.9 Å². The van der Waals surface area contributed by atoms with Gasteiger partial charge in [-0.05, 0) is 108 Å². The van der Waals surface area contributed by atoms with E-state index in [9.17, 15) is 20.4 Å². The van der Waals surface area contributed by atoms with Crippen LogP contribution in [-0.4, -0.2) is 20.4 Å². The molecule has 4 nitrogen and oxygen atoms in total. The van der Waals surface area contributed by atoms with Gasteiger partial charge in [0.05, 0.1) is 0 Å². The summed E-state index contributed by atoms with van der Waals surface area (Å²) in [7, 11) is 0. The Bertz CT molecular complexity index is 1460. The Morgan fingerprint density at radius 2 is 0.575 bits per heavy atom. The van der Waals surface area contributed by atoms with Crippen molar-refractivity contribution in [2.24, 2.45) is 0 Å². The third-order valence-electron chi connectivity index (χ3n) is 8.24. The van der Waals surface area contributed by atoms with Gasteiger partial charge in [0.1, 0.15) is 23.0 Å². The van der Waals surface area contributed by atoms with Crippen LogP contribution in [0.25, 0.3) is 0 Å². The number of aromatic hydroxyl groups is 4. The molecule has 0 radical (unpaired) electrons. The molecule has 0 unspecified atom stereocenters. The summed E-state index contributed by atoms with van der Waals surface area (Å²) in [6.45, 7) is 7.65. The zero-order valence-corrected chi connectivity index (χ0v) is 23.2. The Labute approximate surface area is 235 Å². The smallest absolute Gasteiger partial charge is 0.118 e. The predicted octanol–water partition coefficient (Wildman–Crippen LogP) is 8.10. The predicted molar refractivity (Wildman–Crippen MR) is 160 cm³/mol. The molecule has 0 aliphatic heterocycles. The number of phenols is 4. The molecule has 4 N–H and O–H groups in total. The monoisotopic (exact) mass is 530 g/mol. The molecular weight excluding hydrogens is 496 g/mol. The van der Waals surface area contributed by atoms with Gasteiger partial charge in [-0.3, -0.25) is 0 Å². The summed E-state index contributed by atoms with van der Waals surface area (Å²) in [5.41, 5.74) is 9.07. The van der Waals surface area contributed by atoms with Crippen molar-refractivity contribution in [2.75, 3.05) is 0 Å². The lowest BCUT2D eigenvalue weighted by Gasteiger charge is -2.26. The highest BCUT2D eigenvalue weighted by molar-refractivity contribution is 5.57. The third-order valence-corrected chi connectivity index (χ3v) is 8.24. The molecule has 4 heteroatoms. The molecule has 0 amide bonds. The molecule has 0 saturated carbocycles. The van der Waals surface area contributed by atoms with E-state index >= 15 is 0 Å². The Kier molecular flexibility index (Phi) is 7.27. The van der Waals surface area contributed by atoms with Crippen LogP contribution in [0.15, 0.2) is 97.1 Å². The third kappa shape index (κ3) is 4.77. The minimum Gasteiger partial charge on any atom is -0.508 e. The van der Waals surface area contributed by atoms with Crippen molar-refractivity contribution < 1.29 is 20.4 Å². The Morgan fingerprint density at radius 3 is 0.800 bits per heavy atom. The molecule has 0 aliphatic rings. The Balaban J connectivity index is 1.69. The molecule has 0 heterocycles. The van der Waals surface area contributed by atoms with Gasteiger partial charge in [0.25, 0.3) is 0 Å². The molecule has 0 fully saturated rings. The van der Waals surface area contributed by atoms with Gasteiger partial charge in [0.2, 0.25) is 0 Å². The molecule has 202 valence electrons. The van der Waals surface area contributed by atoms with Crippen molar-refractivity contribution in [3.63, 3.8) is 0 Å². The van der Waals surface area contributed by atoms with Crippen LogP contribution in [0.3, 0.4) is 0 Å². The second-order valence-corrected chi connectivity index (χ2v) is 10.5. The Hall–Kier alpha value is -4.70. The van der Waals surface area contributed by atoms with E-state index in [-0.39, 0.29) is 34.8 Å². The molecule has 5 aromatic rings. The van der Waals surface area contributed by atoms with Gasteiger partial charge < -0.3 is 20.4 Å². The lowest BCUT2D eigenvalue weighted by Crippen LogP contribution is -2.10. The summed E-state index contributed by atoms with van der Waals surface area (Å²) in [6, 6.07) is 30.6. The maximum absolute atomic E-state index is 10.5. The first-order chi connectivity index (χ1) is 19.2. The van der Waals surface area contributed by atoms with Crippen molar-refractivity contribution in [3.8, 4) is 23.0 Å². The van der Waals surface area contributed by atoms with Crippen LogP contribution in [0.4, 0.5) is 0 Å². The average Bonchev–Trinajstić information content (AvgIpc) is 2.94. The number of phenolic OH excluding ortho intramolecular Hbond substituents is 4. The fourth-order valence-corrected chi connectivity index (χ4v) is 5.75. The van der Waals surface area contributed by atoms with Crippen molar-refractivity contribution in [3.05, 3.63) is 153 Å². The molecule has 0 atom stereocenters. The summed E-state index contributed by atoms with van der Waals surface area (Å²) >= 11 is 0. The highest BCUT2D eigenvalue weighted by atomic mass is 16.3. The van der Waals surface area contributed by atoms with Gasteiger partial charge in [-0.1, -0.05) is 72.8 Å². The molecule has 40 heavy (non-hydrogen) atoms. The van der Waals surface area contributed by atoms with Gasteiger partial charge in [0, 0.05) is 11.8 Å². The molecule has 0 spiro atoms. The summed E-state index contributed by atoms with van der Waals surface area (Å²) < 4.78 is 0. The van der Waals surface area contributed by atoms with Crippen molar-refractivity contribution in [1.29, 1.82) is 0 Å². The summed E-state index contributed by atoms with van der Waals surface area (Å²) in [5, 5.41) is 42.2. The van der Waals surface area contributed by atoms with Gasteiger partial charge in [-0.2, -0.15) is 0 Å². The van der Waals surface area contributed by atoms with E-state index in [1.165, 1.54) is 0 Å². The summed E-state index contributed by atoms with van der Waals surface area (Å²) in [5.74, 6) is 0.506. The highest BCUT2D eigenvalue weighted by Crippen LogP contribution is 2.42. The summed E-state index contributed by atoms with van der Waals surface area (Å²) in [4.78, 5) is 0. The van der Waals surface area contributed by atoms with Crippen LogP contribution < -0.4 is 0 Å². The second-order valence-electron chi connectivity index (χ2n) is 10.5. The molecule has 0 aromatic heterocycles. The largest absolute Gasteiger partial charge is 0.508 e. The van der Waals surface area contributed by atoms with Gasteiger partial charge in [0.15, 0.2) is 0 Å². The lowest BCUT2D eigenvalue weighted by atomic mass is 9.78. The molecular formula is C36H34O4. The fraction of sp³-hybridized carbons (Fsp3) is 0.167. The quantitative estimate of drug-likeness (QED) is 0.167. The van der Waals surface area contributed by atoms with E-state index < -0.39 is 0 Å². The zero-order chi connectivity index (χ0) is 28.6. The van der Waals surface area contributed by atoms with Crippen LogP contribution in [-0.2, 0) is 0 Å². The van der Waals surface area contributed by atoms with Crippen LogP contribution in [0.1, 0.15) is 67.5 Å². The number of benzene rings is 5. The molecule has 0 aliphatic carbocycles. The van der Waals surface area contributed by atoms with Crippen molar-refractivity contribution in [1.82, 2.24) is 0 Å².